The Kier molecular flexibility index (Phi) is 47.4. The number of phosphoric acid groups is 1. The number of unbranched alkanes of at least 4 members (excludes halogenated alkanes) is 32. The number of quaternary nitrogens is 1. The summed E-state index contributed by atoms with van der Waals surface area (Å²) in [5, 5.41) is 13.8. The number of carbonyl (C=O) groups is 1. The van der Waals surface area contributed by atoms with Crippen LogP contribution in [0.15, 0.2) is 48.6 Å². The third-order valence-electron chi connectivity index (χ3n) is 12.5. The van der Waals surface area contributed by atoms with Crippen molar-refractivity contribution in [2.75, 3.05) is 40.9 Å². The van der Waals surface area contributed by atoms with Gasteiger partial charge >= 0.3 is 0 Å². The molecule has 0 spiro atoms. The van der Waals surface area contributed by atoms with E-state index in [4.69, 9.17) is 9.05 Å². The summed E-state index contributed by atoms with van der Waals surface area (Å²) in [6.07, 6.45) is 63.6. The van der Waals surface area contributed by atoms with Gasteiger partial charge in [-0.25, -0.2) is 0 Å². The second-order valence-corrected chi connectivity index (χ2v) is 21.7. The van der Waals surface area contributed by atoms with Gasteiger partial charge in [-0.2, -0.15) is 0 Å². The van der Waals surface area contributed by atoms with Crippen molar-refractivity contribution in [3.05, 3.63) is 48.6 Å². The zero-order valence-electron chi connectivity index (χ0n) is 44.1. The van der Waals surface area contributed by atoms with Crippen molar-refractivity contribution >= 4 is 13.7 Å². The number of allylic oxidation sites excluding steroid dienone is 7. The Labute approximate surface area is 409 Å². The highest BCUT2D eigenvalue weighted by molar-refractivity contribution is 7.45. The van der Waals surface area contributed by atoms with Crippen molar-refractivity contribution in [3.8, 4) is 0 Å². The van der Waals surface area contributed by atoms with Crippen molar-refractivity contribution in [1.82, 2.24) is 5.32 Å². The Balaban J connectivity index is 3.89. The summed E-state index contributed by atoms with van der Waals surface area (Å²) >= 11 is 0. The largest absolute Gasteiger partial charge is 0.756 e. The van der Waals surface area contributed by atoms with E-state index in [1.165, 1.54) is 186 Å². The summed E-state index contributed by atoms with van der Waals surface area (Å²) in [5.41, 5.74) is 0. The van der Waals surface area contributed by atoms with Gasteiger partial charge in [-0.05, 0) is 57.8 Å². The minimum Gasteiger partial charge on any atom is -0.756 e. The number of nitrogens with one attached hydrogen (secondary N) is 1. The number of nitrogens with zero attached hydrogens (tertiary/aromatic N) is 1. The lowest BCUT2D eigenvalue weighted by atomic mass is 10.0. The zero-order chi connectivity index (χ0) is 48.5. The molecule has 0 radical (unpaired) electrons. The topological polar surface area (TPSA) is 108 Å². The van der Waals surface area contributed by atoms with Crippen molar-refractivity contribution in [2.45, 2.75) is 270 Å². The van der Waals surface area contributed by atoms with Gasteiger partial charge in [0.1, 0.15) is 13.2 Å². The predicted octanol–water partition coefficient (Wildman–Crippen LogP) is 16.1. The number of hydrogen-bond acceptors (Lipinski definition) is 6. The highest BCUT2D eigenvalue weighted by Gasteiger charge is 2.23. The van der Waals surface area contributed by atoms with E-state index in [-0.39, 0.29) is 19.1 Å². The molecule has 0 aromatic rings. The summed E-state index contributed by atoms with van der Waals surface area (Å²) in [4.78, 5) is 25.3. The molecule has 66 heavy (non-hydrogen) atoms. The summed E-state index contributed by atoms with van der Waals surface area (Å²) < 4.78 is 23.2. The molecule has 388 valence electrons. The molecule has 2 N–H and O–H groups in total. The molecular formula is C57H109N2O6P. The molecule has 0 aromatic carbocycles. The molecule has 0 aliphatic rings. The van der Waals surface area contributed by atoms with Crippen LogP contribution in [0.4, 0.5) is 0 Å². The molecule has 0 bridgehead atoms. The Hall–Kier alpha value is -1.54. The van der Waals surface area contributed by atoms with Gasteiger partial charge in [0.15, 0.2) is 0 Å². The van der Waals surface area contributed by atoms with E-state index < -0.39 is 20.0 Å². The van der Waals surface area contributed by atoms with Crippen LogP contribution in [0.3, 0.4) is 0 Å². The SMILES string of the molecule is CCCCCCC/C=C\C/C=C\C/C=C\CCCCCCCCCCCCCCCCCCCCCCC(=O)NC(COP(=O)([O-])OCC[N+](C)(C)C)C(O)/C=C/CCCCCCCCC. The Bertz CT molecular complexity index is 1210. The van der Waals surface area contributed by atoms with Crippen LogP contribution in [0, 0.1) is 0 Å². The third-order valence-corrected chi connectivity index (χ3v) is 13.5. The van der Waals surface area contributed by atoms with Crippen LogP contribution in [0.5, 0.6) is 0 Å². The highest BCUT2D eigenvalue weighted by atomic mass is 31.2. The van der Waals surface area contributed by atoms with Crippen LogP contribution in [0.2, 0.25) is 0 Å². The first-order chi connectivity index (χ1) is 32.0. The van der Waals surface area contributed by atoms with Gasteiger partial charge < -0.3 is 28.8 Å². The lowest BCUT2D eigenvalue weighted by Gasteiger charge is -2.29. The minimum atomic E-state index is -4.58. The molecule has 0 aliphatic carbocycles. The molecule has 3 unspecified atom stereocenters. The lowest BCUT2D eigenvalue weighted by molar-refractivity contribution is -0.870. The van der Waals surface area contributed by atoms with E-state index in [0.29, 0.717) is 17.4 Å². The first kappa shape index (κ1) is 64.5. The van der Waals surface area contributed by atoms with Crippen LogP contribution < -0.4 is 10.2 Å². The molecule has 3 atom stereocenters. The number of aliphatic hydroxyl groups is 1. The van der Waals surface area contributed by atoms with Crippen molar-refractivity contribution in [3.63, 3.8) is 0 Å². The van der Waals surface area contributed by atoms with Crippen LogP contribution in [0.25, 0.3) is 0 Å². The predicted molar refractivity (Wildman–Crippen MR) is 284 cm³/mol. The molecule has 8 nitrogen and oxygen atoms in total. The Morgan fingerprint density at radius 2 is 0.879 bits per heavy atom. The normalized spacial score (nSPS) is 14.3. The van der Waals surface area contributed by atoms with Crippen molar-refractivity contribution in [2.24, 2.45) is 0 Å². The van der Waals surface area contributed by atoms with E-state index in [2.05, 4.69) is 55.6 Å². The number of rotatable bonds is 51. The number of hydrogen-bond donors (Lipinski definition) is 2. The number of phosphoric ester groups is 1. The number of carbonyl (C=O) groups excluding carboxylic acids is 1. The van der Waals surface area contributed by atoms with Crippen LogP contribution in [-0.2, 0) is 18.4 Å². The zero-order valence-corrected chi connectivity index (χ0v) is 45.0. The molecule has 0 heterocycles. The average molecular weight is 949 g/mol. The smallest absolute Gasteiger partial charge is 0.268 e. The van der Waals surface area contributed by atoms with Gasteiger partial charge in [0.25, 0.3) is 7.82 Å². The summed E-state index contributed by atoms with van der Waals surface area (Å²) in [5.74, 6) is -0.198. The molecule has 0 fully saturated rings. The fourth-order valence-corrected chi connectivity index (χ4v) is 8.83. The molecule has 0 rings (SSSR count). The second-order valence-electron chi connectivity index (χ2n) is 20.3. The maximum atomic E-state index is 12.9. The third kappa shape index (κ3) is 50.3. The van der Waals surface area contributed by atoms with E-state index in [1.807, 2.05) is 27.2 Å². The fraction of sp³-hybridized carbons (Fsp3) is 0.842. The summed E-state index contributed by atoms with van der Waals surface area (Å²) in [6, 6.07) is -0.883. The summed E-state index contributed by atoms with van der Waals surface area (Å²) in [6.45, 7) is 4.61. The monoisotopic (exact) mass is 949 g/mol. The second kappa shape index (κ2) is 48.5. The number of likely N-dealkylation sites (N-methyl/N-ethyl adjacent to an activating group) is 1. The molecule has 0 saturated heterocycles. The van der Waals surface area contributed by atoms with E-state index in [0.717, 1.165) is 51.4 Å². The van der Waals surface area contributed by atoms with Crippen molar-refractivity contribution < 1.29 is 32.9 Å². The Morgan fingerprint density at radius 3 is 1.27 bits per heavy atom. The van der Waals surface area contributed by atoms with Gasteiger partial charge in [-0.1, -0.05) is 242 Å². The van der Waals surface area contributed by atoms with Gasteiger partial charge in [-0.15, -0.1) is 0 Å². The Morgan fingerprint density at radius 1 is 0.530 bits per heavy atom. The summed E-state index contributed by atoms with van der Waals surface area (Å²) in [7, 11) is 1.26. The molecule has 1 amide bonds. The van der Waals surface area contributed by atoms with Gasteiger partial charge in [-0.3, -0.25) is 9.36 Å². The number of amides is 1. The van der Waals surface area contributed by atoms with Crippen LogP contribution in [0.1, 0.15) is 258 Å². The molecule has 0 saturated carbocycles. The van der Waals surface area contributed by atoms with Gasteiger partial charge in [0.2, 0.25) is 5.91 Å². The molecule has 9 heteroatoms. The first-order valence-corrected chi connectivity index (χ1v) is 29.5. The molecule has 0 aliphatic heterocycles. The standard InChI is InChI=1S/C57H109N2O6P/c1-6-8-10-12-14-16-17-18-19-20-21-22-23-24-25-26-27-28-29-30-31-32-33-34-35-36-37-38-39-40-41-43-45-47-49-51-57(61)58-55(54-65-66(62,63)64-53-52-59(3,4)5)56(60)50-48-46-44-42-15-13-11-9-7-2/h17-18,20-21,23-24,48,50,55-56,60H,6-16,19,22,25-47,49,51-54H2,1-5H3,(H-,58,61,62,63)/b18-17-,21-20-,24-23-,50-48+. The maximum absolute atomic E-state index is 12.9. The van der Waals surface area contributed by atoms with E-state index in [1.54, 1.807) is 6.08 Å². The van der Waals surface area contributed by atoms with Crippen LogP contribution >= 0.6 is 7.82 Å². The maximum Gasteiger partial charge on any atom is 0.268 e. The lowest BCUT2D eigenvalue weighted by Crippen LogP contribution is -2.45. The highest BCUT2D eigenvalue weighted by Crippen LogP contribution is 2.38. The van der Waals surface area contributed by atoms with Gasteiger partial charge in [0.05, 0.1) is 39.9 Å². The molecular weight excluding hydrogens is 840 g/mol. The molecule has 0 aromatic heterocycles. The van der Waals surface area contributed by atoms with Crippen LogP contribution in [-0.4, -0.2) is 68.5 Å². The minimum absolute atomic E-state index is 0.000621. The first-order valence-electron chi connectivity index (χ1n) is 28.0. The van der Waals surface area contributed by atoms with Gasteiger partial charge in [0, 0.05) is 6.42 Å². The quantitative estimate of drug-likeness (QED) is 0.0272. The van der Waals surface area contributed by atoms with E-state index >= 15 is 0 Å². The van der Waals surface area contributed by atoms with E-state index in [9.17, 15) is 19.4 Å². The number of aliphatic hydroxyl groups excluding tert-OH is 1. The average Bonchev–Trinajstić information content (AvgIpc) is 3.28. The van der Waals surface area contributed by atoms with Crippen molar-refractivity contribution in [1.29, 1.82) is 0 Å². The fourth-order valence-electron chi connectivity index (χ4n) is 8.10.